The van der Waals surface area contributed by atoms with E-state index >= 15 is 0 Å². The van der Waals surface area contributed by atoms with Gasteiger partial charge in [0.1, 0.15) is 0 Å². The molecule has 2 unspecified atom stereocenters. The van der Waals surface area contributed by atoms with Gasteiger partial charge in [-0.1, -0.05) is 59.5 Å². The van der Waals surface area contributed by atoms with Crippen LogP contribution in [0.5, 0.6) is 0 Å². The molecular formula is C14H19Br. The van der Waals surface area contributed by atoms with E-state index in [1.807, 2.05) is 0 Å². The standard InChI is InChI=1S/C14H19Br/c1-11-7-5-6-8-12(11)13-9-3-2-4-10-14(13)15/h5-8,13-14H,2-4,9-10H2,1H3. The summed E-state index contributed by atoms with van der Waals surface area (Å²) in [5.41, 5.74) is 3.01. The summed E-state index contributed by atoms with van der Waals surface area (Å²) in [5, 5.41) is 0. The average Bonchev–Trinajstić information content (AvgIpc) is 2.44. The summed E-state index contributed by atoms with van der Waals surface area (Å²) in [6, 6.07) is 8.85. The van der Waals surface area contributed by atoms with Crippen molar-refractivity contribution in [2.24, 2.45) is 0 Å². The third-order valence-corrected chi connectivity index (χ3v) is 4.62. The Hall–Kier alpha value is -0.300. The van der Waals surface area contributed by atoms with Gasteiger partial charge in [0.2, 0.25) is 0 Å². The van der Waals surface area contributed by atoms with Gasteiger partial charge in [-0.25, -0.2) is 0 Å². The van der Waals surface area contributed by atoms with Crippen LogP contribution >= 0.6 is 15.9 Å². The highest BCUT2D eigenvalue weighted by Gasteiger charge is 2.23. The molecule has 82 valence electrons. The molecule has 0 bridgehead atoms. The van der Waals surface area contributed by atoms with Crippen LogP contribution in [0.3, 0.4) is 0 Å². The van der Waals surface area contributed by atoms with Crippen molar-refractivity contribution in [1.82, 2.24) is 0 Å². The molecule has 1 aliphatic rings. The van der Waals surface area contributed by atoms with E-state index in [0.717, 1.165) is 5.92 Å². The molecule has 2 rings (SSSR count). The summed E-state index contributed by atoms with van der Waals surface area (Å²) in [5.74, 6) is 0.730. The summed E-state index contributed by atoms with van der Waals surface area (Å²) >= 11 is 3.88. The van der Waals surface area contributed by atoms with Crippen molar-refractivity contribution in [2.45, 2.75) is 49.8 Å². The molecule has 0 heterocycles. The number of rotatable bonds is 1. The molecule has 15 heavy (non-hydrogen) atoms. The Kier molecular flexibility index (Phi) is 3.85. The summed E-state index contributed by atoms with van der Waals surface area (Å²) in [4.78, 5) is 0.682. The molecule has 1 aromatic carbocycles. The van der Waals surface area contributed by atoms with Crippen molar-refractivity contribution >= 4 is 15.9 Å². The molecule has 1 saturated carbocycles. The molecule has 0 radical (unpaired) electrons. The molecule has 0 N–H and O–H groups in total. The molecule has 2 atom stereocenters. The number of benzene rings is 1. The van der Waals surface area contributed by atoms with Gasteiger partial charge in [-0.05, 0) is 36.8 Å². The molecular weight excluding hydrogens is 248 g/mol. The highest BCUT2D eigenvalue weighted by Crippen LogP contribution is 2.37. The SMILES string of the molecule is Cc1ccccc1C1CCCCCC1Br. The van der Waals surface area contributed by atoms with Crippen LogP contribution in [0.1, 0.15) is 49.1 Å². The third-order valence-electron chi connectivity index (χ3n) is 3.52. The van der Waals surface area contributed by atoms with Crippen LogP contribution in [0, 0.1) is 6.92 Å². The molecule has 0 aromatic heterocycles. The van der Waals surface area contributed by atoms with E-state index in [0.29, 0.717) is 4.83 Å². The van der Waals surface area contributed by atoms with Crippen molar-refractivity contribution in [1.29, 1.82) is 0 Å². The van der Waals surface area contributed by atoms with Crippen LogP contribution < -0.4 is 0 Å². The van der Waals surface area contributed by atoms with Crippen molar-refractivity contribution in [3.63, 3.8) is 0 Å². The first-order chi connectivity index (χ1) is 7.29. The van der Waals surface area contributed by atoms with Crippen molar-refractivity contribution in [3.8, 4) is 0 Å². The summed E-state index contributed by atoms with van der Waals surface area (Å²) in [7, 11) is 0. The third kappa shape index (κ3) is 2.63. The smallest absolute Gasteiger partial charge is 0.0214 e. The van der Waals surface area contributed by atoms with Gasteiger partial charge in [-0.15, -0.1) is 0 Å². The molecule has 1 aliphatic carbocycles. The fourth-order valence-corrected chi connectivity index (χ4v) is 3.49. The lowest BCUT2D eigenvalue weighted by atomic mass is 9.89. The summed E-state index contributed by atoms with van der Waals surface area (Å²) in [6.45, 7) is 2.24. The van der Waals surface area contributed by atoms with E-state index in [9.17, 15) is 0 Å². The van der Waals surface area contributed by atoms with Crippen LogP contribution in [-0.2, 0) is 0 Å². The Morgan fingerprint density at radius 2 is 1.80 bits per heavy atom. The Morgan fingerprint density at radius 1 is 1.07 bits per heavy atom. The van der Waals surface area contributed by atoms with Crippen molar-refractivity contribution < 1.29 is 0 Å². The molecule has 0 nitrogen and oxygen atoms in total. The number of hydrogen-bond donors (Lipinski definition) is 0. The van der Waals surface area contributed by atoms with E-state index < -0.39 is 0 Å². The average molecular weight is 267 g/mol. The van der Waals surface area contributed by atoms with Gasteiger partial charge in [0, 0.05) is 4.83 Å². The minimum atomic E-state index is 0.682. The maximum Gasteiger partial charge on any atom is 0.0214 e. The van der Waals surface area contributed by atoms with Gasteiger partial charge in [0.05, 0.1) is 0 Å². The Bertz CT molecular complexity index is 319. The second-order valence-corrected chi connectivity index (χ2v) is 5.79. The highest BCUT2D eigenvalue weighted by atomic mass is 79.9. The lowest BCUT2D eigenvalue weighted by Crippen LogP contribution is -2.11. The lowest BCUT2D eigenvalue weighted by molar-refractivity contribution is 0.609. The Balaban J connectivity index is 2.24. The monoisotopic (exact) mass is 266 g/mol. The van der Waals surface area contributed by atoms with Crippen LogP contribution in [-0.4, -0.2) is 4.83 Å². The zero-order valence-electron chi connectivity index (χ0n) is 9.38. The van der Waals surface area contributed by atoms with Crippen molar-refractivity contribution in [3.05, 3.63) is 35.4 Å². The lowest BCUT2D eigenvalue weighted by Gasteiger charge is -2.22. The van der Waals surface area contributed by atoms with Gasteiger partial charge in [0.15, 0.2) is 0 Å². The molecule has 1 fully saturated rings. The van der Waals surface area contributed by atoms with Gasteiger partial charge >= 0.3 is 0 Å². The van der Waals surface area contributed by atoms with Crippen LogP contribution in [0.15, 0.2) is 24.3 Å². The first-order valence-electron chi connectivity index (χ1n) is 5.98. The number of alkyl halides is 1. The molecule has 1 aromatic rings. The van der Waals surface area contributed by atoms with Gasteiger partial charge < -0.3 is 0 Å². The first kappa shape index (κ1) is 11.2. The van der Waals surface area contributed by atoms with E-state index in [-0.39, 0.29) is 0 Å². The van der Waals surface area contributed by atoms with Gasteiger partial charge in [-0.2, -0.15) is 0 Å². The second kappa shape index (κ2) is 5.16. The van der Waals surface area contributed by atoms with Crippen LogP contribution in [0.4, 0.5) is 0 Å². The Labute approximate surface area is 101 Å². The fraction of sp³-hybridized carbons (Fsp3) is 0.571. The van der Waals surface area contributed by atoms with E-state index in [1.54, 1.807) is 5.56 Å². The molecule has 0 aliphatic heterocycles. The minimum Gasteiger partial charge on any atom is -0.0884 e. The maximum atomic E-state index is 3.88. The van der Waals surface area contributed by atoms with Crippen LogP contribution in [0.2, 0.25) is 0 Å². The predicted molar refractivity (Wildman–Crippen MR) is 69.7 cm³/mol. The van der Waals surface area contributed by atoms with Gasteiger partial charge in [-0.3, -0.25) is 0 Å². The first-order valence-corrected chi connectivity index (χ1v) is 6.90. The molecule has 0 amide bonds. The molecule has 0 spiro atoms. The largest absolute Gasteiger partial charge is 0.0884 e. The summed E-state index contributed by atoms with van der Waals surface area (Å²) < 4.78 is 0. The number of hydrogen-bond acceptors (Lipinski definition) is 0. The number of aryl methyl sites for hydroxylation is 1. The van der Waals surface area contributed by atoms with Gasteiger partial charge in [0.25, 0.3) is 0 Å². The minimum absolute atomic E-state index is 0.682. The number of halogens is 1. The predicted octanol–water partition coefficient (Wildman–Crippen LogP) is 4.81. The van der Waals surface area contributed by atoms with Crippen LogP contribution in [0.25, 0.3) is 0 Å². The zero-order chi connectivity index (χ0) is 10.7. The van der Waals surface area contributed by atoms with E-state index in [1.165, 1.54) is 37.7 Å². The Morgan fingerprint density at radius 3 is 2.60 bits per heavy atom. The second-order valence-electron chi connectivity index (χ2n) is 4.62. The van der Waals surface area contributed by atoms with E-state index in [2.05, 4.69) is 47.1 Å². The molecule has 0 saturated heterocycles. The molecule has 1 heteroatoms. The fourth-order valence-electron chi connectivity index (χ4n) is 2.62. The quantitative estimate of drug-likeness (QED) is 0.506. The normalized spacial score (nSPS) is 27.3. The topological polar surface area (TPSA) is 0 Å². The van der Waals surface area contributed by atoms with E-state index in [4.69, 9.17) is 0 Å². The van der Waals surface area contributed by atoms with Crippen molar-refractivity contribution in [2.75, 3.05) is 0 Å². The maximum absolute atomic E-state index is 3.88. The zero-order valence-corrected chi connectivity index (χ0v) is 11.0. The summed E-state index contributed by atoms with van der Waals surface area (Å²) in [6.07, 6.45) is 6.86. The highest BCUT2D eigenvalue weighted by molar-refractivity contribution is 9.09.